The zero-order valence-electron chi connectivity index (χ0n) is 7.75. The first-order chi connectivity index (χ1) is 6.33. The molecule has 72 valence electrons. The summed E-state index contributed by atoms with van der Waals surface area (Å²) in [5.74, 6) is 0.145. The number of thiazole rings is 1. The van der Waals surface area contributed by atoms with Crippen LogP contribution < -0.4 is 5.32 Å². The van der Waals surface area contributed by atoms with E-state index in [-0.39, 0.29) is 5.91 Å². The summed E-state index contributed by atoms with van der Waals surface area (Å²) in [5.41, 5.74) is 1.81. The van der Waals surface area contributed by atoms with Gasteiger partial charge in [-0.25, -0.2) is 0 Å². The highest BCUT2D eigenvalue weighted by atomic mass is 32.1. The number of carbonyl (C=O) groups excluding carboxylic acids is 1. The Labute approximate surface area is 82.2 Å². The van der Waals surface area contributed by atoms with Gasteiger partial charge in [0.25, 0.3) is 0 Å². The highest BCUT2D eigenvalue weighted by Crippen LogP contribution is 2.04. The van der Waals surface area contributed by atoms with Gasteiger partial charge in [0.1, 0.15) is 0 Å². The molecule has 3 nitrogen and oxygen atoms in total. The van der Waals surface area contributed by atoms with Crippen molar-refractivity contribution >= 4 is 17.2 Å². The maximum absolute atomic E-state index is 11.0. The van der Waals surface area contributed by atoms with E-state index in [0.717, 1.165) is 19.4 Å². The number of aromatic nitrogens is 1. The van der Waals surface area contributed by atoms with Gasteiger partial charge in [-0.15, -0.1) is 11.3 Å². The zero-order valence-corrected chi connectivity index (χ0v) is 8.56. The molecule has 0 saturated carbocycles. The van der Waals surface area contributed by atoms with E-state index >= 15 is 0 Å². The third kappa shape index (κ3) is 4.03. The van der Waals surface area contributed by atoms with Crippen molar-refractivity contribution in [1.29, 1.82) is 0 Å². The number of amides is 1. The third-order valence-corrected chi connectivity index (χ3v) is 2.49. The van der Waals surface area contributed by atoms with Crippen LogP contribution in [0.1, 0.15) is 24.6 Å². The molecule has 0 aliphatic carbocycles. The lowest BCUT2D eigenvalue weighted by atomic mass is 10.3. The summed E-state index contributed by atoms with van der Waals surface area (Å²) in [6.45, 7) is 2.73. The van der Waals surface area contributed by atoms with Gasteiger partial charge in [-0.3, -0.25) is 9.78 Å². The van der Waals surface area contributed by atoms with Crippen LogP contribution in [0.25, 0.3) is 0 Å². The molecule has 1 amide bonds. The van der Waals surface area contributed by atoms with Gasteiger partial charge in [-0.2, -0.15) is 0 Å². The number of nitrogens with zero attached hydrogens (tertiary/aromatic N) is 1. The minimum absolute atomic E-state index is 0.145. The average molecular weight is 198 g/mol. The average Bonchev–Trinajstić information content (AvgIpc) is 2.57. The fraction of sp³-hybridized carbons (Fsp3) is 0.556. The van der Waals surface area contributed by atoms with Gasteiger partial charge >= 0.3 is 0 Å². The van der Waals surface area contributed by atoms with Crippen LogP contribution in [0.2, 0.25) is 0 Å². The topological polar surface area (TPSA) is 42.0 Å². The molecule has 0 aliphatic rings. The number of rotatable bonds is 5. The number of hydrogen-bond acceptors (Lipinski definition) is 3. The summed E-state index contributed by atoms with van der Waals surface area (Å²) in [7, 11) is 0. The third-order valence-electron chi connectivity index (χ3n) is 1.65. The Balaban J connectivity index is 2.11. The maximum Gasteiger partial charge on any atom is 0.219 e. The number of carbonyl (C=O) groups is 1. The maximum atomic E-state index is 11.0. The van der Waals surface area contributed by atoms with Gasteiger partial charge < -0.3 is 5.32 Å². The van der Waals surface area contributed by atoms with Crippen LogP contribution >= 0.6 is 11.3 Å². The molecule has 0 bridgehead atoms. The monoisotopic (exact) mass is 198 g/mol. The first-order valence-corrected chi connectivity index (χ1v) is 5.35. The van der Waals surface area contributed by atoms with E-state index in [0.29, 0.717) is 6.42 Å². The lowest BCUT2D eigenvalue weighted by Crippen LogP contribution is -2.24. The van der Waals surface area contributed by atoms with Crippen LogP contribution in [0, 0.1) is 0 Å². The van der Waals surface area contributed by atoms with Crippen molar-refractivity contribution in [3.8, 4) is 0 Å². The van der Waals surface area contributed by atoms with Gasteiger partial charge in [-0.1, -0.05) is 6.92 Å². The van der Waals surface area contributed by atoms with Gasteiger partial charge in [0.2, 0.25) is 5.91 Å². The Kier molecular flexibility index (Phi) is 4.46. The van der Waals surface area contributed by atoms with Crippen LogP contribution in [-0.4, -0.2) is 17.4 Å². The summed E-state index contributed by atoms with van der Waals surface area (Å²) < 4.78 is 0. The second-order valence-corrected chi connectivity index (χ2v) is 3.79. The van der Waals surface area contributed by atoms with Crippen molar-refractivity contribution < 1.29 is 4.79 Å². The molecule has 0 radical (unpaired) electrons. The Morgan fingerprint density at radius 1 is 1.69 bits per heavy atom. The predicted molar refractivity (Wildman–Crippen MR) is 53.7 cm³/mol. The summed E-state index contributed by atoms with van der Waals surface area (Å²) in [5, 5.41) is 2.86. The molecule has 0 aliphatic heterocycles. The molecule has 1 rings (SSSR count). The van der Waals surface area contributed by atoms with Crippen molar-refractivity contribution in [2.24, 2.45) is 0 Å². The van der Waals surface area contributed by atoms with Crippen LogP contribution in [-0.2, 0) is 11.2 Å². The van der Waals surface area contributed by atoms with E-state index in [1.54, 1.807) is 11.3 Å². The summed E-state index contributed by atoms with van der Waals surface area (Å²) >= 11 is 1.63. The molecular formula is C9H14N2OS. The molecule has 4 heteroatoms. The van der Waals surface area contributed by atoms with Gasteiger partial charge in [0.05, 0.1) is 5.51 Å². The molecule has 1 aromatic rings. The summed E-state index contributed by atoms with van der Waals surface area (Å²) in [6.07, 6.45) is 4.27. The van der Waals surface area contributed by atoms with Gasteiger partial charge in [0, 0.05) is 30.5 Å². The molecule has 1 heterocycles. The van der Waals surface area contributed by atoms with Crippen LogP contribution in [0.3, 0.4) is 0 Å². The zero-order chi connectivity index (χ0) is 9.52. The van der Waals surface area contributed by atoms with Crippen molar-refractivity contribution in [3.63, 3.8) is 0 Å². The van der Waals surface area contributed by atoms with Crippen LogP contribution in [0.15, 0.2) is 11.7 Å². The normalized spacial score (nSPS) is 9.92. The Morgan fingerprint density at radius 2 is 2.54 bits per heavy atom. The second-order valence-electron chi connectivity index (χ2n) is 2.82. The van der Waals surface area contributed by atoms with E-state index in [9.17, 15) is 4.79 Å². The minimum atomic E-state index is 0.145. The predicted octanol–water partition coefficient (Wildman–Crippen LogP) is 1.60. The number of hydrogen-bond donors (Lipinski definition) is 1. The molecule has 0 aromatic carbocycles. The van der Waals surface area contributed by atoms with Crippen molar-refractivity contribution in [2.45, 2.75) is 26.2 Å². The Morgan fingerprint density at radius 3 is 3.15 bits per heavy atom. The number of nitrogens with one attached hydrogen (secondary N) is 1. The lowest BCUT2D eigenvalue weighted by molar-refractivity contribution is -0.121. The van der Waals surface area contributed by atoms with E-state index < -0.39 is 0 Å². The Bertz CT molecular complexity index is 246. The standard InChI is InChI=1S/C9H14N2OS/c1-2-3-9(12)11-5-4-8-6-10-7-13-8/h6-7H,2-5H2,1H3,(H,11,12). The molecule has 13 heavy (non-hydrogen) atoms. The summed E-state index contributed by atoms with van der Waals surface area (Å²) in [6, 6.07) is 0. The smallest absolute Gasteiger partial charge is 0.219 e. The molecular weight excluding hydrogens is 184 g/mol. The van der Waals surface area contributed by atoms with Gasteiger partial charge in [-0.05, 0) is 6.42 Å². The first-order valence-electron chi connectivity index (χ1n) is 4.47. The molecule has 1 N–H and O–H groups in total. The van der Waals surface area contributed by atoms with Gasteiger partial charge in [0.15, 0.2) is 0 Å². The largest absolute Gasteiger partial charge is 0.356 e. The van der Waals surface area contributed by atoms with E-state index in [4.69, 9.17) is 0 Å². The molecule has 0 atom stereocenters. The Hall–Kier alpha value is -0.900. The SMILES string of the molecule is CCCC(=O)NCCc1cncs1. The van der Waals surface area contributed by atoms with E-state index in [2.05, 4.69) is 10.3 Å². The molecule has 0 spiro atoms. The molecule has 1 aromatic heterocycles. The fourth-order valence-corrected chi connectivity index (χ4v) is 1.60. The van der Waals surface area contributed by atoms with Crippen molar-refractivity contribution in [1.82, 2.24) is 10.3 Å². The summed E-state index contributed by atoms with van der Waals surface area (Å²) in [4.78, 5) is 16.2. The lowest BCUT2D eigenvalue weighted by Gasteiger charge is -2.01. The van der Waals surface area contributed by atoms with Crippen molar-refractivity contribution in [2.75, 3.05) is 6.54 Å². The van der Waals surface area contributed by atoms with E-state index in [1.807, 2.05) is 18.6 Å². The quantitative estimate of drug-likeness (QED) is 0.781. The van der Waals surface area contributed by atoms with Crippen LogP contribution in [0.4, 0.5) is 0 Å². The fourth-order valence-electron chi connectivity index (χ4n) is 1.01. The van der Waals surface area contributed by atoms with E-state index in [1.165, 1.54) is 4.88 Å². The van der Waals surface area contributed by atoms with Crippen molar-refractivity contribution in [3.05, 3.63) is 16.6 Å². The first kappa shape index (κ1) is 10.2. The molecule has 0 saturated heterocycles. The van der Waals surface area contributed by atoms with Crippen LogP contribution in [0.5, 0.6) is 0 Å². The highest BCUT2D eigenvalue weighted by Gasteiger charge is 1.98. The second kappa shape index (κ2) is 5.70. The minimum Gasteiger partial charge on any atom is -0.356 e. The molecule has 0 unspecified atom stereocenters. The highest BCUT2D eigenvalue weighted by molar-refractivity contribution is 7.09. The molecule has 0 fully saturated rings.